The molecule has 1 amide bonds. The van der Waals surface area contributed by atoms with E-state index in [0.717, 1.165) is 9.75 Å². The first-order valence-electron chi connectivity index (χ1n) is 5.46. The predicted molar refractivity (Wildman–Crippen MR) is 64.7 cm³/mol. The minimum atomic E-state index is -0.303. The van der Waals surface area contributed by atoms with Crippen molar-refractivity contribution in [2.75, 3.05) is 0 Å². The van der Waals surface area contributed by atoms with Crippen molar-refractivity contribution in [3.05, 3.63) is 21.9 Å². The third kappa shape index (κ3) is 1.87. The van der Waals surface area contributed by atoms with Crippen molar-refractivity contribution < 1.29 is 9.90 Å². The van der Waals surface area contributed by atoms with Crippen LogP contribution >= 0.6 is 11.3 Å². The van der Waals surface area contributed by atoms with Crippen LogP contribution < -0.4 is 5.32 Å². The first kappa shape index (κ1) is 11.6. The highest BCUT2D eigenvalue weighted by molar-refractivity contribution is 7.13. The molecule has 3 nitrogen and oxygen atoms in total. The van der Waals surface area contributed by atoms with Gasteiger partial charge in [-0.05, 0) is 25.5 Å². The average molecular weight is 239 g/mol. The van der Waals surface area contributed by atoms with E-state index in [1.807, 2.05) is 32.9 Å². The topological polar surface area (TPSA) is 49.3 Å². The van der Waals surface area contributed by atoms with Crippen LogP contribution in [0.5, 0.6) is 0 Å². The lowest BCUT2D eigenvalue weighted by Gasteiger charge is -2.49. The highest BCUT2D eigenvalue weighted by Crippen LogP contribution is 2.40. The Morgan fingerprint density at radius 2 is 2.25 bits per heavy atom. The fourth-order valence-corrected chi connectivity index (χ4v) is 2.70. The van der Waals surface area contributed by atoms with E-state index in [1.54, 1.807) is 0 Å². The van der Waals surface area contributed by atoms with Crippen LogP contribution in [-0.2, 0) is 0 Å². The van der Waals surface area contributed by atoms with Crippen LogP contribution in [0.1, 0.15) is 34.8 Å². The average Bonchev–Trinajstić information content (AvgIpc) is 2.64. The molecule has 2 atom stereocenters. The Morgan fingerprint density at radius 3 is 2.69 bits per heavy atom. The van der Waals surface area contributed by atoms with Crippen molar-refractivity contribution in [2.24, 2.45) is 5.41 Å². The summed E-state index contributed by atoms with van der Waals surface area (Å²) in [5, 5.41) is 12.6. The second-order valence-electron chi connectivity index (χ2n) is 5.01. The maximum Gasteiger partial charge on any atom is 0.261 e. The quantitative estimate of drug-likeness (QED) is 0.828. The van der Waals surface area contributed by atoms with Gasteiger partial charge in [0.1, 0.15) is 0 Å². The SMILES string of the molecule is Cc1ccc(C(=O)NC2CC(O)C2(C)C)s1. The molecule has 1 aromatic rings. The summed E-state index contributed by atoms with van der Waals surface area (Å²) < 4.78 is 0. The third-order valence-corrected chi connectivity index (χ3v) is 4.48. The minimum absolute atomic E-state index is 0.0249. The van der Waals surface area contributed by atoms with Gasteiger partial charge in [-0.3, -0.25) is 4.79 Å². The van der Waals surface area contributed by atoms with Gasteiger partial charge in [0.2, 0.25) is 0 Å². The van der Waals surface area contributed by atoms with Crippen molar-refractivity contribution in [1.29, 1.82) is 0 Å². The van der Waals surface area contributed by atoms with E-state index in [2.05, 4.69) is 5.32 Å². The molecule has 2 N–H and O–H groups in total. The van der Waals surface area contributed by atoms with Crippen molar-refractivity contribution in [3.63, 3.8) is 0 Å². The third-order valence-electron chi connectivity index (χ3n) is 3.49. The first-order chi connectivity index (χ1) is 7.41. The lowest BCUT2D eigenvalue weighted by Crippen LogP contribution is -2.61. The number of aryl methyl sites for hydroxylation is 1. The number of carbonyl (C=O) groups excluding carboxylic acids is 1. The Morgan fingerprint density at radius 1 is 1.56 bits per heavy atom. The van der Waals surface area contributed by atoms with Crippen molar-refractivity contribution in [3.8, 4) is 0 Å². The van der Waals surface area contributed by atoms with E-state index in [0.29, 0.717) is 6.42 Å². The number of carbonyl (C=O) groups is 1. The summed E-state index contributed by atoms with van der Waals surface area (Å²) >= 11 is 1.50. The number of aliphatic hydroxyl groups is 1. The maximum absolute atomic E-state index is 11.9. The van der Waals surface area contributed by atoms with Crippen LogP contribution in [0.2, 0.25) is 0 Å². The number of hydrogen-bond acceptors (Lipinski definition) is 3. The molecule has 0 saturated heterocycles. The maximum atomic E-state index is 11.9. The molecule has 16 heavy (non-hydrogen) atoms. The van der Waals surface area contributed by atoms with Crippen molar-refractivity contribution in [2.45, 2.75) is 39.3 Å². The van der Waals surface area contributed by atoms with Crippen LogP contribution in [0.4, 0.5) is 0 Å². The van der Waals surface area contributed by atoms with Gasteiger partial charge < -0.3 is 10.4 Å². The predicted octanol–water partition coefficient (Wildman–Crippen LogP) is 1.95. The second kappa shape index (κ2) is 3.86. The molecule has 2 rings (SSSR count). The second-order valence-corrected chi connectivity index (χ2v) is 6.30. The number of amides is 1. The molecule has 88 valence electrons. The van der Waals surface area contributed by atoms with Gasteiger partial charge in [0.05, 0.1) is 11.0 Å². The Labute approximate surface area is 99.5 Å². The summed E-state index contributed by atoms with van der Waals surface area (Å²) in [7, 11) is 0. The highest BCUT2D eigenvalue weighted by Gasteiger charge is 2.48. The van der Waals surface area contributed by atoms with Gasteiger partial charge in [-0.1, -0.05) is 13.8 Å². The molecule has 1 aromatic heterocycles. The Kier molecular flexibility index (Phi) is 2.80. The molecule has 0 aliphatic heterocycles. The van der Waals surface area contributed by atoms with Gasteiger partial charge in [0.25, 0.3) is 5.91 Å². The Bertz CT molecular complexity index is 411. The fourth-order valence-electron chi connectivity index (χ4n) is 1.93. The molecule has 0 bridgehead atoms. The molecule has 1 aliphatic rings. The normalized spacial score (nSPS) is 27.2. The Hall–Kier alpha value is -0.870. The zero-order chi connectivity index (χ0) is 11.9. The van der Waals surface area contributed by atoms with Crippen LogP contribution in [0.25, 0.3) is 0 Å². The molecular formula is C12H17NO2S. The standard InChI is InChI=1S/C12H17NO2S/c1-7-4-5-8(16-7)11(15)13-9-6-10(14)12(9,2)3/h4-5,9-10,14H,6H2,1-3H3,(H,13,15). The van der Waals surface area contributed by atoms with Gasteiger partial charge in [0.15, 0.2) is 0 Å². The lowest BCUT2D eigenvalue weighted by atomic mass is 9.64. The van der Waals surface area contributed by atoms with Gasteiger partial charge in [0, 0.05) is 16.3 Å². The lowest BCUT2D eigenvalue weighted by molar-refractivity contribution is -0.0689. The zero-order valence-electron chi connectivity index (χ0n) is 9.78. The fraction of sp³-hybridized carbons (Fsp3) is 0.583. The highest BCUT2D eigenvalue weighted by atomic mass is 32.1. The van der Waals surface area contributed by atoms with E-state index in [4.69, 9.17) is 0 Å². The molecule has 1 heterocycles. The summed E-state index contributed by atoms with van der Waals surface area (Å²) in [6.45, 7) is 5.94. The van der Waals surface area contributed by atoms with Crippen LogP contribution in [0, 0.1) is 12.3 Å². The summed E-state index contributed by atoms with van der Waals surface area (Å²) in [6.07, 6.45) is 0.353. The summed E-state index contributed by atoms with van der Waals surface area (Å²) in [6, 6.07) is 3.87. The number of thiophene rings is 1. The number of rotatable bonds is 2. The van der Waals surface area contributed by atoms with Gasteiger partial charge >= 0.3 is 0 Å². The minimum Gasteiger partial charge on any atom is -0.392 e. The molecule has 1 fully saturated rings. The zero-order valence-corrected chi connectivity index (χ0v) is 10.6. The van der Waals surface area contributed by atoms with Crippen LogP contribution in [0.15, 0.2) is 12.1 Å². The largest absolute Gasteiger partial charge is 0.392 e. The number of hydrogen-bond donors (Lipinski definition) is 2. The molecule has 0 aromatic carbocycles. The first-order valence-corrected chi connectivity index (χ1v) is 6.28. The van der Waals surface area contributed by atoms with E-state index < -0.39 is 0 Å². The van der Waals surface area contributed by atoms with Crippen LogP contribution in [-0.4, -0.2) is 23.2 Å². The number of nitrogens with one attached hydrogen (secondary N) is 1. The molecule has 4 heteroatoms. The van der Waals surface area contributed by atoms with Gasteiger partial charge in [-0.15, -0.1) is 11.3 Å². The monoisotopic (exact) mass is 239 g/mol. The number of aliphatic hydroxyl groups excluding tert-OH is 1. The summed E-state index contributed by atoms with van der Waals surface area (Å²) in [5.74, 6) is -0.0249. The van der Waals surface area contributed by atoms with E-state index in [9.17, 15) is 9.90 Å². The summed E-state index contributed by atoms with van der Waals surface area (Å²) in [5.41, 5.74) is -0.206. The molecule has 0 spiro atoms. The Balaban J connectivity index is 1.99. The molecule has 0 radical (unpaired) electrons. The van der Waals surface area contributed by atoms with Crippen molar-refractivity contribution >= 4 is 17.2 Å². The molecule has 2 unspecified atom stereocenters. The van der Waals surface area contributed by atoms with E-state index in [-0.39, 0.29) is 23.5 Å². The molecule has 1 aliphatic carbocycles. The van der Waals surface area contributed by atoms with E-state index in [1.165, 1.54) is 11.3 Å². The smallest absolute Gasteiger partial charge is 0.261 e. The van der Waals surface area contributed by atoms with Gasteiger partial charge in [-0.25, -0.2) is 0 Å². The molecule has 1 saturated carbocycles. The van der Waals surface area contributed by atoms with Crippen LogP contribution in [0.3, 0.4) is 0 Å². The summed E-state index contributed by atoms with van der Waals surface area (Å²) in [4.78, 5) is 13.8. The molecular weight excluding hydrogens is 222 g/mol. The van der Waals surface area contributed by atoms with Gasteiger partial charge in [-0.2, -0.15) is 0 Å². The van der Waals surface area contributed by atoms with Crippen molar-refractivity contribution in [1.82, 2.24) is 5.32 Å². The van der Waals surface area contributed by atoms with E-state index >= 15 is 0 Å².